The first-order valence-corrected chi connectivity index (χ1v) is 8.05. The predicted octanol–water partition coefficient (Wildman–Crippen LogP) is 2.99. The molecule has 0 unspecified atom stereocenters. The first kappa shape index (κ1) is 20.6. The van der Waals surface area contributed by atoms with E-state index >= 15 is 0 Å². The van der Waals surface area contributed by atoms with Gasteiger partial charge in [-0.3, -0.25) is 4.79 Å². The van der Waals surface area contributed by atoms with E-state index in [2.05, 4.69) is 0 Å². The normalized spacial score (nSPS) is 15.2. The molecule has 1 heterocycles. The Morgan fingerprint density at radius 1 is 1.33 bits per heavy atom. The number of likely N-dealkylation sites (tertiary alicyclic amines) is 1. The third-order valence-corrected chi connectivity index (χ3v) is 4.41. The van der Waals surface area contributed by atoms with Gasteiger partial charge in [0.1, 0.15) is 0 Å². The predicted molar refractivity (Wildman–Crippen MR) is 99.2 cm³/mol. The number of benzene rings is 1. The van der Waals surface area contributed by atoms with Crippen molar-refractivity contribution in [3.8, 4) is 11.5 Å². The number of piperidine rings is 1. The van der Waals surface area contributed by atoms with Gasteiger partial charge in [0.15, 0.2) is 11.5 Å². The van der Waals surface area contributed by atoms with Crippen LogP contribution in [0.5, 0.6) is 11.5 Å². The molecule has 0 aliphatic carbocycles. The topological polar surface area (TPSA) is 64.8 Å². The van der Waals surface area contributed by atoms with Crippen LogP contribution in [-0.4, -0.2) is 44.7 Å². The Bertz CT molecular complexity index is 585. The number of hydrogen-bond acceptors (Lipinski definition) is 4. The van der Waals surface area contributed by atoms with E-state index < -0.39 is 0 Å². The van der Waals surface area contributed by atoms with Gasteiger partial charge in [-0.15, -0.1) is 12.4 Å². The molecule has 0 radical (unpaired) electrons. The van der Waals surface area contributed by atoms with Gasteiger partial charge in [-0.05, 0) is 49.1 Å². The molecule has 0 atom stereocenters. The number of methoxy groups -OCH3 is 2. The average Bonchev–Trinajstić information content (AvgIpc) is 2.59. The lowest BCUT2D eigenvalue weighted by molar-refractivity contribution is -0.127. The fourth-order valence-electron chi connectivity index (χ4n) is 2.70. The summed E-state index contributed by atoms with van der Waals surface area (Å²) >= 11 is 6.16. The van der Waals surface area contributed by atoms with E-state index in [-0.39, 0.29) is 18.3 Å². The molecule has 2 N–H and O–H groups in total. The molecule has 1 aliphatic rings. The van der Waals surface area contributed by atoms with Crippen LogP contribution >= 0.6 is 24.0 Å². The number of nitrogens with zero attached hydrogens (tertiary/aromatic N) is 1. The van der Waals surface area contributed by atoms with E-state index in [9.17, 15) is 4.79 Å². The number of hydrogen-bond donors (Lipinski definition) is 1. The second-order valence-electron chi connectivity index (χ2n) is 5.58. The monoisotopic (exact) mass is 374 g/mol. The van der Waals surface area contributed by atoms with Crippen molar-refractivity contribution in [2.24, 2.45) is 11.7 Å². The van der Waals surface area contributed by atoms with Crippen LogP contribution in [0, 0.1) is 5.92 Å². The SMILES string of the molecule is COc1cc(/C=C/C(=O)N2CCC(CN)CC2)cc(Cl)c1OC.Cl. The number of amides is 1. The van der Waals surface area contributed by atoms with Gasteiger partial charge in [-0.25, -0.2) is 0 Å². The van der Waals surface area contributed by atoms with E-state index in [1.54, 1.807) is 31.4 Å². The molecule has 0 aromatic heterocycles. The van der Waals surface area contributed by atoms with E-state index in [4.69, 9.17) is 26.8 Å². The third kappa shape index (κ3) is 5.03. The zero-order valence-electron chi connectivity index (χ0n) is 14.0. The molecule has 0 bridgehead atoms. The maximum absolute atomic E-state index is 12.2. The van der Waals surface area contributed by atoms with Gasteiger partial charge in [0.25, 0.3) is 0 Å². The van der Waals surface area contributed by atoms with Gasteiger partial charge < -0.3 is 20.1 Å². The Hall–Kier alpha value is -1.43. The van der Waals surface area contributed by atoms with Gasteiger partial charge in [-0.1, -0.05) is 11.6 Å². The molecule has 1 aromatic rings. The summed E-state index contributed by atoms with van der Waals surface area (Å²) < 4.78 is 10.5. The first-order valence-electron chi connectivity index (χ1n) is 7.67. The van der Waals surface area contributed by atoms with Crippen LogP contribution in [0.25, 0.3) is 6.08 Å². The largest absolute Gasteiger partial charge is 0.493 e. The Labute approximate surface area is 154 Å². The molecule has 1 saturated heterocycles. The summed E-state index contributed by atoms with van der Waals surface area (Å²) in [6, 6.07) is 3.53. The van der Waals surface area contributed by atoms with Crippen LogP contribution < -0.4 is 15.2 Å². The fourth-order valence-corrected chi connectivity index (χ4v) is 2.99. The van der Waals surface area contributed by atoms with Crippen LogP contribution in [0.1, 0.15) is 18.4 Å². The molecule has 1 fully saturated rings. The highest BCUT2D eigenvalue weighted by molar-refractivity contribution is 6.32. The van der Waals surface area contributed by atoms with Crippen LogP contribution in [-0.2, 0) is 4.79 Å². The third-order valence-electron chi connectivity index (χ3n) is 4.13. The van der Waals surface area contributed by atoms with Crippen LogP contribution in [0.2, 0.25) is 5.02 Å². The number of nitrogens with two attached hydrogens (primary N) is 1. The maximum Gasteiger partial charge on any atom is 0.246 e. The number of rotatable bonds is 5. The molecule has 134 valence electrons. The smallest absolute Gasteiger partial charge is 0.246 e. The van der Waals surface area contributed by atoms with Crippen molar-refractivity contribution in [1.29, 1.82) is 0 Å². The molecule has 2 rings (SSSR count). The van der Waals surface area contributed by atoms with Crippen molar-refractivity contribution in [3.63, 3.8) is 0 Å². The molecule has 0 spiro atoms. The average molecular weight is 375 g/mol. The molecule has 24 heavy (non-hydrogen) atoms. The lowest BCUT2D eigenvalue weighted by Gasteiger charge is -2.30. The maximum atomic E-state index is 12.2. The molecule has 1 aliphatic heterocycles. The summed E-state index contributed by atoms with van der Waals surface area (Å²) in [6.45, 7) is 2.22. The number of ether oxygens (including phenoxy) is 2. The van der Waals surface area contributed by atoms with E-state index in [1.807, 2.05) is 4.90 Å². The van der Waals surface area contributed by atoms with E-state index in [0.717, 1.165) is 31.5 Å². The summed E-state index contributed by atoms with van der Waals surface area (Å²) in [5.41, 5.74) is 6.46. The minimum absolute atomic E-state index is 0. The molecular formula is C17H24Cl2N2O3. The van der Waals surface area contributed by atoms with Crippen molar-refractivity contribution in [2.75, 3.05) is 33.9 Å². The summed E-state index contributed by atoms with van der Waals surface area (Å²) in [5.74, 6) is 1.57. The summed E-state index contributed by atoms with van der Waals surface area (Å²) in [6.07, 6.45) is 5.25. The van der Waals surface area contributed by atoms with Crippen molar-refractivity contribution in [1.82, 2.24) is 4.90 Å². The van der Waals surface area contributed by atoms with Gasteiger partial charge in [0, 0.05) is 19.2 Å². The van der Waals surface area contributed by atoms with Gasteiger partial charge in [0.05, 0.1) is 19.2 Å². The van der Waals surface area contributed by atoms with Crippen LogP contribution in [0.3, 0.4) is 0 Å². The zero-order valence-corrected chi connectivity index (χ0v) is 15.5. The quantitative estimate of drug-likeness (QED) is 0.804. The molecule has 1 aromatic carbocycles. The second kappa shape index (κ2) is 9.77. The Balaban J connectivity index is 0.00000288. The van der Waals surface area contributed by atoms with Crippen molar-refractivity contribution in [3.05, 3.63) is 28.8 Å². The van der Waals surface area contributed by atoms with Crippen molar-refractivity contribution >= 4 is 36.0 Å². The molecule has 5 nitrogen and oxygen atoms in total. The second-order valence-corrected chi connectivity index (χ2v) is 5.98. The number of carbonyl (C=O) groups excluding carboxylic acids is 1. The number of carbonyl (C=O) groups is 1. The van der Waals surface area contributed by atoms with Gasteiger partial charge in [0.2, 0.25) is 5.91 Å². The Morgan fingerprint density at radius 3 is 2.54 bits per heavy atom. The van der Waals surface area contributed by atoms with Crippen molar-refractivity contribution in [2.45, 2.75) is 12.8 Å². The minimum atomic E-state index is 0. The van der Waals surface area contributed by atoms with Crippen LogP contribution in [0.4, 0.5) is 0 Å². The Kier molecular flexibility index (Phi) is 8.39. The summed E-state index contributed by atoms with van der Waals surface area (Å²) in [5, 5.41) is 0.447. The highest BCUT2D eigenvalue weighted by Crippen LogP contribution is 2.36. The fraction of sp³-hybridized carbons (Fsp3) is 0.471. The number of halogens is 2. The zero-order chi connectivity index (χ0) is 16.8. The first-order chi connectivity index (χ1) is 11.1. The molecule has 0 saturated carbocycles. The molecular weight excluding hydrogens is 351 g/mol. The lowest BCUT2D eigenvalue weighted by atomic mass is 9.97. The highest BCUT2D eigenvalue weighted by atomic mass is 35.5. The van der Waals surface area contributed by atoms with Gasteiger partial charge in [-0.2, -0.15) is 0 Å². The standard InChI is InChI=1S/C17H23ClN2O3.ClH/c1-22-15-10-13(9-14(18)17(15)23-2)3-4-16(21)20-7-5-12(11-19)6-8-20;/h3-4,9-10,12H,5-8,11,19H2,1-2H3;1H/b4-3+;. The summed E-state index contributed by atoms with van der Waals surface area (Å²) in [4.78, 5) is 14.1. The highest BCUT2D eigenvalue weighted by Gasteiger charge is 2.20. The van der Waals surface area contributed by atoms with Gasteiger partial charge >= 0.3 is 0 Å². The molecule has 1 amide bonds. The Morgan fingerprint density at radius 2 is 2.00 bits per heavy atom. The van der Waals surface area contributed by atoms with Crippen LogP contribution in [0.15, 0.2) is 18.2 Å². The molecule has 7 heteroatoms. The minimum Gasteiger partial charge on any atom is -0.493 e. The lowest BCUT2D eigenvalue weighted by Crippen LogP contribution is -2.39. The van der Waals surface area contributed by atoms with Crippen molar-refractivity contribution < 1.29 is 14.3 Å². The van der Waals surface area contributed by atoms with E-state index in [0.29, 0.717) is 29.0 Å². The van der Waals surface area contributed by atoms with E-state index in [1.165, 1.54) is 7.11 Å². The summed E-state index contributed by atoms with van der Waals surface area (Å²) in [7, 11) is 3.09.